The van der Waals surface area contributed by atoms with Gasteiger partial charge in [0.25, 0.3) is 5.69 Å². The van der Waals surface area contributed by atoms with Crippen LogP contribution in [0, 0.1) is 22.0 Å². The highest BCUT2D eigenvalue weighted by Gasteiger charge is 2.43. The van der Waals surface area contributed by atoms with Crippen LogP contribution in [-0.4, -0.2) is 24.2 Å². The minimum absolute atomic E-state index is 0.0600. The Morgan fingerprint density at radius 2 is 1.80 bits per heavy atom. The monoisotopic (exact) mass is 406 g/mol. The SMILES string of the molecule is COc1ccc([C@]2(C#Cc3ccc([N+](=O)[O-])cc3)C[C@H](N)C2)cc1OC1CCCC1. The molecule has 156 valence electrons. The molecule has 2 aromatic rings. The number of benzene rings is 2. The molecule has 2 aliphatic carbocycles. The summed E-state index contributed by atoms with van der Waals surface area (Å²) in [5.41, 5.74) is 7.68. The van der Waals surface area contributed by atoms with Crippen LogP contribution >= 0.6 is 0 Å². The second kappa shape index (κ2) is 8.37. The number of nitro groups is 1. The van der Waals surface area contributed by atoms with Gasteiger partial charge >= 0.3 is 0 Å². The second-order valence-corrected chi connectivity index (χ2v) is 8.19. The molecule has 0 saturated heterocycles. The van der Waals surface area contributed by atoms with Crippen molar-refractivity contribution in [2.24, 2.45) is 5.73 Å². The van der Waals surface area contributed by atoms with E-state index in [2.05, 4.69) is 11.8 Å². The Kier molecular flexibility index (Phi) is 5.65. The van der Waals surface area contributed by atoms with Gasteiger partial charge in [0.05, 0.1) is 23.6 Å². The third-order valence-electron chi connectivity index (χ3n) is 6.06. The lowest BCUT2D eigenvalue weighted by Crippen LogP contribution is -2.48. The largest absolute Gasteiger partial charge is 0.493 e. The summed E-state index contributed by atoms with van der Waals surface area (Å²) in [4.78, 5) is 10.4. The lowest BCUT2D eigenvalue weighted by atomic mass is 9.62. The van der Waals surface area contributed by atoms with Gasteiger partial charge in [-0.3, -0.25) is 10.1 Å². The zero-order valence-corrected chi connectivity index (χ0v) is 17.1. The second-order valence-electron chi connectivity index (χ2n) is 8.19. The Labute approximate surface area is 176 Å². The molecule has 0 atom stereocenters. The van der Waals surface area contributed by atoms with Crippen molar-refractivity contribution < 1.29 is 14.4 Å². The fraction of sp³-hybridized carbons (Fsp3) is 0.417. The van der Waals surface area contributed by atoms with Gasteiger partial charge in [-0.15, -0.1) is 0 Å². The van der Waals surface area contributed by atoms with Crippen LogP contribution in [0.4, 0.5) is 5.69 Å². The van der Waals surface area contributed by atoms with Crippen molar-refractivity contribution in [3.05, 3.63) is 63.7 Å². The molecular formula is C24H26N2O4. The van der Waals surface area contributed by atoms with E-state index >= 15 is 0 Å². The molecule has 6 heteroatoms. The fourth-order valence-electron chi connectivity index (χ4n) is 4.36. The summed E-state index contributed by atoms with van der Waals surface area (Å²) in [6, 6.07) is 12.5. The molecule has 4 rings (SSSR count). The molecule has 0 heterocycles. The van der Waals surface area contributed by atoms with Gasteiger partial charge in [0, 0.05) is 23.7 Å². The van der Waals surface area contributed by atoms with Crippen LogP contribution in [0.1, 0.15) is 49.7 Å². The van der Waals surface area contributed by atoms with Crippen LogP contribution in [0.3, 0.4) is 0 Å². The third kappa shape index (κ3) is 4.12. The van der Waals surface area contributed by atoms with E-state index in [0.717, 1.165) is 48.3 Å². The maximum atomic E-state index is 10.8. The zero-order valence-electron chi connectivity index (χ0n) is 17.1. The Bertz CT molecular complexity index is 979. The first-order chi connectivity index (χ1) is 14.5. The summed E-state index contributed by atoms with van der Waals surface area (Å²) in [7, 11) is 1.65. The van der Waals surface area contributed by atoms with E-state index in [0.29, 0.717) is 0 Å². The molecule has 2 saturated carbocycles. The number of nitro benzene ring substituents is 1. The molecule has 0 amide bonds. The normalized spacial score (nSPS) is 23.2. The Morgan fingerprint density at radius 3 is 2.40 bits per heavy atom. The summed E-state index contributed by atoms with van der Waals surface area (Å²) >= 11 is 0. The lowest BCUT2D eigenvalue weighted by Gasteiger charge is -2.43. The molecule has 0 spiro atoms. The zero-order chi connectivity index (χ0) is 21.1. The van der Waals surface area contributed by atoms with Crippen molar-refractivity contribution in [2.75, 3.05) is 7.11 Å². The molecular weight excluding hydrogens is 380 g/mol. The maximum absolute atomic E-state index is 10.8. The van der Waals surface area contributed by atoms with E-state index in [1.165, 1.54) is 25.0 Å². The van der Waals surface area contributed by atoms with Gasteiger partial charge in [-0.25, -0.2) is 0 Å². The quantitative estimate of drug-likeness (QED) is 0.453. The third-order valence-corrected chi connectivity index (χ3v) is 6.06. The highest BCUT2D eigenvalue weighted by Crippen LogP contribution is 2.45. The van der Waals surface area contributed by atoms with Crippen LogP contribution in [-0.2, 0) is 5.41 Å². The van der Waals surface area contributed by atoms with Crippen molar-refractivity contribution in [1.82, 2.24) is 0 Å². The highest BCUT2D eigenvalue weighted by atomic mass is 16.6. The molecule has 2 N–H and O–H groups in total. The maximum Gasteiger partial charge on any atom is 0.269 e. The van der Waals surface area contributed by atoms with E-state index in [-0.39, 0.29) is 23.2 Å². The standard InChI is InChI=1S/C24H26N2O4/c1-29-22-11-8-18(14-23(22)30-21-4-2-3-5-21)24(15-19(25)16-24)13-12-17-6-9-20(10-7-17)26(27)28/h6-11,14,19,21H,2-5,15-16,25H2,1H3/t19-,24+. The minimum Gasteiger partial charge on any atom is -0.493 e. The van der Waals surface area contributed by atoms with Gasteiger partial charge in [0.15, 0.2) is 11.5 Å². The smallest absolute Gasteiger partial charge is 0.269 e. The first-order valence-electron chi connectivity index (χ1n) is 10.4. The van der Waals surface area contributed by atoms with Crippen LogP contribution < -0.4 is 15.2 Å². The molecule has 0 aromatic heterocycles. The Hall–Kier alpha value is -3.04. The van der Waals surface area contributed by atoms with E-state index < -0.39 is 4.92 Å². The van der Waals surface area contributed by atoms with Gasteiger partial charge in [-0.1, -0.05) is 17.9 Å². The van der Waals surface area contributed by atoms with Gasteiger partial charge in [0.1, 0.15) is 0 Å². The van der Waals surface area contributed by atoms with Gasteiger partial charge in [-0.05, 0) is 68.4 Å². The van der Waals surface area contributed by atoms with Crippen LogP contribution in [0.15, 0.2) is 42.5 Å². The van der Waals surface area contributed by atoms with Crippen molar-refractivity contribution >= 4 is 5.69 Å². The summed E-state index contributed by atoms with van der Waals surface area (Å²) in [6.45, 7) is 0. The van der Waals surface area contributed by atoms with E-state index in [4.69, 9.17) is 15.2 Å². The fourth-order valence-corrected chi connectivity index (χ4v) is 4.36. The molecule has 0 unspecified atom stereocenters. The van der Waals surface area contributed by atoms with Crippen molar-refractivity contribution in [3.63, 3.8) is 0 Å². The first-order valence-corrected chi connectivity index (χ1v) is 10.4. The number of nitrogens with two attached hydrogens (primary N) is 1. The minimum atomic E-state index is -0.410. The van der Waals surface area contributed by atoms with Gasteiger partial charge in [-0.2, -0.15) is 0 Å². The number of non-ortho nitro benzene ring substituents is 1. The van der Waals surface area contributed by atoms with Crippen molar-refractivity contribution in [3.8, 4) is 23.3 Å². The predicted molar refractivity (Wildman–Crippen MR) is 115 cm³/mol. The summed E-state index contributed by atoms with van der Waals surface area (Å²) < 4.78 is 11.8. The lowest BCUT2D eigenvalue weighted by molar-refractivity contribution is -0.384. The van der Waals surface area contributed by atoms with Crippen LogP contribution in [0.25, 0.3) is 0 Å². The topological polar surface area (TPSA) is 87.6 Å². The molecule has 2 aromatic carbocycles. The number of methoxy groups -OCH3 is 1. The summed E-state index contributed by atoms with van der Waals surface area (Å²) in [5, 5.41) is 10.8. The van der Waals surface area contributed by atoms with Crippen molar-refractivity contribution in [1.29, 1.82) is 0 Å². The molecule has 2 fully saturated rings. The first kappa shape index (κ1) is 20.2. The van der Waals surface area contributed by atoms with E-state index in [9.17, 15) is 10.1 Å². The van der Waals surface area contributed by atoms with Gasteiger partial charge < -0.3 is 15.2 Å². The molecule has 6 nitrogen and oxygen atoms in total. The van der Waals surface area contributed by atoms with E-state index in [1.807, 2.05) is 18.2 Å². The molecule has 0 aliphatic heterocycles. The molecule has 2 aliphatic rings. The van der Waals surface area contributed by atoms with Crippen LogP contribution in [0.5, 0.6) is 11.5 Å². The number of ether oxygens (including phenoxy) is 2. The average molecular weight is 406 g/mol. The number of nitrogens with zero attached hydrogens (tertiary/aromatic N) is 1. The number of rotatable bonds is 5. The Morgan fingerprint density at radius 1 is 1.10 bits per heavy atom. The number of hydrogen-bond acceptors (Lipinski definition) is 5. The van der Waals surface area contributed by atoms with E-state index in [1.54, 1.807) is 19.2 Å². The predicted octanol–water partition coefficient (Wildman–Crippen LogP) is 4.34. The van der Waals surface area contributed by atoms with Crippen molar-refractivity contribution in [2.45, 2.75) is 56.1 Å². The molecule has 0 bridgehead atoms. The average Bonchev–Trinajstić information content (AvgIpc) is 3.23. The number of hydrogen-bond donors (Lipinski definition) is 1. The van der Waals surface area contributed by atoms with Gasteiger partial charge in [0.2, 0.25) is 0 Å². The Balaban J connectivity index is 1.63. The molecule has 0 radical (unpaired) electrons. The summed E-state index contributed by atoms with van der Waals surface area (Å²) in [6.07, 6.45) is 6.31. The summed E-state index contributed by atoms with van der Waals surface area (Å²) in [5.74, 6) is 8.09. The highest BCUT2D eigenvalue weighted by molar-refractivity contribution is 5.51. The molecule has 30 heavy (non-hydrogen) atoms. The van der Waals surface area contributed by atoms with Crippen LogP contribution in [0.2, 0.25) is 0 Å².